The number of hydrogen-bond donors (Lipinski definition) is 1. The second kappa shape index (κ2) is 5.54. The molecule has 0 radical (unpaired) electrons. The monoisotopic (exact) mass is 325 g/mol. The van der Waals surface area contributed by atoms with Crippen molar-refractivity contribution in [3.05, 3.63) is 40.4 Å². The van der Waals surface area contributed by atoms with E-state index in [1.807, 2.05) is 6.92 Å². The zero-order chi connectivity index (χ0) is 16.8. The summed E-state index contributed by atoms with van der Waals surface area (Å²) in [6.07, 6.45) is 5.82. The number of furan rings is 1. The molecule has 0 saturated heterocycles. The van der Waals surface area contributed by atoms with Gasteiger partial charge in [-0.3, -0.25) is 9.59 Å². The quantitative estimate of drug-likeness (QED) is 0.935. The molecule has 2 aliphatic rings. The van der Waals surface area contributed by atoms with Crippen molar-refractivity contribution < 1.29 is 14.0 Å². The molecule has 1 N–H and O–H groups in total. The van der Waals surface area contributed by atoms with E-state index in [0.717, 1.165) is 25.0 Å². The number of anilines is 1. The molecule has 2 aromatic rings. The fraction of sp³-hybridized carbons (Fsp3) is 0.444. The number of carbonyl (C=O) groups excluding carboxylic acids is 2. The topological polar surface area (TPSA) is 85.1 Å². The summed E-state index contributed by atoms with van der Waals surface area (Å²) in [4.78, 5) is 33.4. The lowest BCUT2D eigenvalue weighted by atomic mass is 9.94. The molecule has 2 aromatic heterocycles. The van der Waals surface area contributed by atoms with Crippen LogP contribution in [0.5, 0.6) is 0 Å². The van der Waals surface area contributed by atoms with Gasteiger partial charge in [0.15, 0.2) is 11.5 Å². The highest BCUT2D eigenvalue weighted by Gasteiger charge is 2.31. The van der Waals surface area contributed by atoms with Crippen molar-refractivity contribution in [2.75, 3.05) is 5.32 Å². The second-order valence-electron chi connectivity index (χ2n) is 6.58. The maximum absolute atomic E-state index is 12.7. The third-order valence-electron chi connectivity index (χ3n) is 4.66. The summed E-state index contributed by atoms with van der Waals surface area (Å²) in [6, 6.07) is 0. The van der Waals surface area contributed by atoms with E-state index in [0.29, 0.717) is 47.2 Å². The molecule has 4 rings (SSSR count). The molecule has 2 aliphatic carbocycles. The smallest absolute Gasteiger partial charge is 0.291 e. The highest BCUT2D eigenvalue weighted by Crippen LogP contribution is 2.42. The number of carbonyl (C=O) groups is 2. The van der Waals surface area contributed by atoms with E-state index < -0.39 is 0 Å². The van der Waals surface area contributed by atoms with Crippen molar-refractivity contribution in [3.63, 3.8) is 0 Å². The van der Waals surface area contributed by atoms with E-state index >= 15 is 0 Å². The van der Waals surface area contributed by atoms with Crippen LogP contribution in [-0.4, -0.2) is 21.7 Å². The SMILES string of the molecule is Cc1ncc(NC(=O)c2oc3c(c2C)C(=O)CCC3)c(C2CC2)n1. The second-order valence-corrected chi connectivity index (χ2v) is 6.58. The Bertz CT molecular complexity index is 849. The van der Waals surface area contributed by atoms with E-state index in [2.05, 4.69) is 15.3 Å². The Balaban J connectivity index is 1.65. The predicted octanol–water partition coefficient (Wildman–Crippen LogP) is 3.34. The molecule has 0 aromatic carbocycles. The van der Waals surface area contributed by atoms with Gasteiger partial charge in [-0.2, -0.15) is 0 Å². The Hall–Kier alpha value is -2.50. The summed E-state index contributed by atoms with van der Waals surface area (Å²) in [5.41, 5.74) is 2.75. The predicted molar refractivity (Wildman–Crippen MR) is 87.4 cm³/mol. The van der Waals surface area contributed by atoms with Gasteiger partial charge in [-0.15, -0.1) is 0 Å². The molecule has 0 atom stereocenters. The number of nitrogens with one attached hydrogen (secondary N) is 1. The molecule has 0 aliphatic heterocycles. The van der Waals surface area contributed by atoms with Gasteiger partial charge in [-0.25, -0.2) is 9.97 Å². The van der Waals surface area contributed by atoms with E-state index in [-0.39, 0.29) is 17.5 Å². The third-order valence-corrected chi connectivity index (χ3v) is 4.66. The summed E-state index contributed by atoms with van der Waals surface area (Å²) in [6.45, 7) is 3.61. The molecular weight excluding hydrogens is 306 g/mol. The number of rotatable bonds is 3. The van der Waals surface area contributed by atoms with Crippen LogP contribution in [0, 0.1) is 13.8 Å². The Morgan fingerprint density at radius 1 is 1.29 bits per heavy atom. The summed E-state index contributed by atoms with van der Waals surface area (Å²) in [5.74, 6) is 1.67. The first-order valence-electron chi connectivity index (χ1n) is 8.35. The lowest BCUT2D eigenvalue weighted by Gasteiger charge is -2.09. The molecule has 24 heavy (non-hydrogen) atoms. The van der Waals surface area contributed by atoms with Gasteiger partial charge in [0.2, 0.25) is 0 Å². The molecule has 1 fully saturated rings. The third kappa shape index (κ3) is 2.52. The number of nitrogens with zero attached hydrogens (tertiary/aromatic N) is 2. The fourth-order valence-corrected chi connectivity index (χ4v) is 3.30. The molecule has 0 unspecified atom stereocenters. The van der Waals surface area contributed by atoms with Crippen molar-refractivity contribution in [1.29, 1.82) is 0 Å². The Labute approximate surface area is 139 Å². The fourth-order valence-electron chi connectivity index (χ4n) is 3.30. The minimum atomic E-state index is -0.343. The zero-order valence-corrected chi connectivity index (χ0v) is 13.8. The van der Waals surface area contributed by atoms with Crippen molar-refractivity contribution in [1.82, 2.24) is 9.97 Å². The average Bonchev–Trinajstić information content (AvgIpc) is 3.33. The maximum atomic E-state index is 12.7. The molecule has 6 nitrogen and oxygen atoms in total. The van der Waals surface area contributed by atoms with Crippen molar-refractivity contribution >= 4 is 17.4 Å². The molecule has 1 saturated carbocycles. The van der Waals surface area contributed by atoms with Gasteiger partial charge in [-0.05, 0) is 33.1 Å². The Kier molecular flexibility index (Phi) is 3.48. The first-order valence-corrected chi connectivity index (χ1v) is 8.35. The Morgan fingerprint density at radius 3 is 2.79 bits per heavy atom. The number of fused-ring (bicyclic) bond motifs is 1. The number of amides is 1. The number of Topliss-reactive ketones (excluding diaryl/α,β-unsaturated/α-hetero) is 1. The van der Waals surface area contributed by atoms with Gasteiger partial charge in [-0.1, -0.05) is 0 Å². The maximum Gasteiger partial charge on any atom is 0.291 e. The highest BCUT2D eigenvalue weighted by molar-refractivity contribution is 6.07. The van der Waals surface area contributed by atoms with Crippen LogP contribution in [0.15, 0.2) is 10.6 Å². The number of aromatic nitrogens is 2. The minimum absolute atomic E-state index is 0.0638. The normalized spacial score (nSPS) is 16.8. The summed E-state index contributed by atoms with van der Waals surface area (Å²) >= 11 is 0. The van der Waals surface area contributed by atoms with Gasteiger partial charge in [0.25, 0.3) is 5.91 Å². The largest absolute Gasteiger partial charge is 0.455 e. The molecule has 0 bridgehead atoms. The highest BCUT2D eigenvalue weighted by atomic mass is 16.4. The standard InChI is InChI=1S/C18H19N3O3/c1-9-15-13(22)4-3-5-14(15)24-17(9)18(23)21-12-8-19-10(2)20-16(12)11-6-7-11/h8,11H,3-7H2,1-2H3,(H,21,23). The van der Waals surface area contributed by atoms with Crippen molar-refractivity contribution in [2.24, 2.45) is 0 Å². The molecule has 1 amide bonds. The lowest BCUT2D eigenvalue weighted by Crippen LogP contribution is -2.15. The molecular formula is C18H19N3O3. The van der Waals surface area contributed by atoms with Crippen LogP contribution >= 0.6 is 0 Å². The van der Waals surface area contributed by atoms with Crippen LogP contribution in [-0.2, 0) is 6.42 Å². The van der Waals surface area contributed by atoms with E-state index in [9.17, 15) is 9.59 Å². The number of aryl methyl sites for hydroxylation is 2. The van der Waals surface area contributed by atoms with E-state index in [4.69, 9.17) is 4.42 Å². The molecule has 2 heterocycles. The lowest BCUT2D eigenvalue weighted by molar-refractivity contribution is 0.0963. The van der Waals surface area contributed by atoms with Gasteiger partial charge < -0.3 is 9.73 Å². The zero-order valence-electron chi connectivity index (χ0n) is 13.8. The minimum Gasteiger partial charge on any atom is -0.455 e. The average molecular weight is 325 g/mol. The Morgan fingerprint density at radius 2 is 2.08 bits per heavy atom. The molecule has 124 valence electrons. The summed E-state index contributed by atoms with van der Waals surface area (Å²) in [5, 5.41) is 2.87. The van der Waals surface area contributed by atoms with Crippen LogP contribution in [0.25, 0.3) is 0 Å². The van der Waals surface area contributed by atoms with Crippen LogP contribution in [0.1, 0.15) is 75.4 Å². The number of ketones is 1. The van der Waals surface area contributed by atoms with Crippen molar-refractivity contribution in [2.45, 2.75) is 51.9 Å². The van der Waals surface area contributed by atoms with Crippen LogP contribution in [0.2, 0.25) is 0 Å². The molecule has 0 spiro atoms. The van der Waals surface area contributed by atoms with Crippen molar-refractivity contribution in [3.8, 4) is 0 Å². The summed E-state index contributed by atoms with van der Waals surface area (Å²) < 4.78 is 5.71. The van der Waals surface area contributed by atoms with Gasteiger partial charge in [0.05, 0.1) is 23.1 Å². The van der Waals surface area contributed by atoms with Crippen LogP contribution in [0.4, 0.5) is 5.69 Å². The van der Waals surface area contributed by atoms with E-state index in [1.165, 1.54) is 0 Å². The van der Waals surface area contributed by atoms with Gasteiger partial charge in [0.1, 0.15) is 11.6 Å². The van der Waals surface area contributed by atoms with Gasteiger partial charge in [0, 0.05) is 24.3 Å². The first kappa shape index (κ1) is 15.1. The summed E-state index contributed by atoms with van der Waals surface area (Å²) in [7, 11) is 0. The van der Waals surface area contributed by atoms with E-state index in [1.54, 1.807) is 13.1 Å². The number of hydrogen-bond acceptors (Lipinski definition) is 5. The van der Waals surface area contributed by atoms with Crippen LogP contribution in [0.3, 0.4) is 0 Å². The first-order chi connectivity index (χ1) is 11.5. The van der Waals surface area contributed by atoms with Gasteiger partial charge >= 0.3 is 0 Å². The van der Waals surface area contributed by atoms with Crippen LogP contribution < -0.4 is 5.32 Å². The molecule has 6 heteroatoms.